The Bertz CT molecular complexity index is 1250. The molecular formula is C23H19ClN2OS2. The fraction of sp³-hybridized carbons (Fsp3) is 0.217. The molecule has 0 atom stereocenters. The number of aromatic nitrogens is 2. The molecule has 0 spiro atoms. The summed E-state index contributed by atoms with van der Waals surface area (Å²) >= 11 is 9.59. The standard InChI is InChI=1S/C23H19ClN2OS2/c24-18-12-6-4-8-15(18)14-28-23-25-21-20(17-11-5-7-13-19(17)29-21)22(27)26(23)16-9-2-1-3-10-16/h1-4,6,8-10,12H,5,7,11,13-14H2. The molecule has 0 bridgehead atoms. The maximum absolute atomic E-state index is 13.7. The molecule has 29 heavy (non-hydrogen) atoms. The van der Waals surface area contributed by atoms with Crippen LogP contribution in [0.15, 0.2) is 64.5 Å². The number of halogens is 1. The van der Waals surface area contributed by atoms with Crippen molar-refractivity contribution in [3.8, 4) is 5.69 Å². The van der Waals surface area contributed by atoms with E-state index in [1.165, 1.54) is 16.9 Å². The Morgan fingerprint density at radius 2 is 1.79 bits per heavy atom. The van der Waals surface area contributed by atoms with Gasteiger partial charge in [0.05, 0.1) is 11.1 Å². The van der Waals surface area contributed by atoms with Gasteiger partial charge in [-0.25, -0.2) is 4.98 Å². The lowest BCUT2D eigenvalue weighted by molar-refractivity contribution is 0.699. The van der Waals surface area contributed by atoms with Crippen molar-refractivity contribution in [1.29, 1.82) is 0 Å². The third-order valence-electron chi connectivity index (χ3n) is 5.29. The number of aryl methyl sites for hydroxylation is 2. The second kappa shape index (κ2) is 7.98. The second-order valence-corrected chi connectivity index (χ2v) is 9.57. The average molecular weight is 439 g/mol. The van der Waals surface area contributed by atoms with Gasteiger partial charge in [0, 0.05) is 15.7 Å². The highest BCUT2D eigenvalue weighted by Gasteiger charge is 2.23. The minimum Gasteiger partial charge on any atom is -0.268 e. The summed E-state index contributed by atoms with van der Waals surface area (Å²) in [4.78, 5) is 20.8. The van der Waals surface area contributed by atoms with Crippen LogP contribution in [0.2, 0.25) is 5.02 Å². The number of nitrogens with zero attached hydrogens (tertiary/aromatic N) is 2. The molecule has 0 N–H and O–H groups in total. The lowest BCUT2D eigenvalue weighted by Crippen LogP contribution is -2.22. The van der Waals surface area contributed by atoms with Crippen LogP contribution in [0, 0.1) is 0 Å². The molecule has 0 saturated heterocycles. The maximum atomic E-state index is 13.7. The number of thiophene rings is 1. The van der Waals surface area contributed by atoms with Gasteiger partial charge in [-0.05, 0) is 55.0 Å². The predicted octanol–water partition coefficient (Wildman–Crippen LogP) is 6.27. The van der Waals surface area contributed by atoms with Crippen LogP contribution in [0.25, 0.3) is 15.9 Å². The summed E-state index contributed by atoms with van der Waals surface area (Å²) in [7, 11) is 0. The quantitative estimate of drug-likeness (QED) is 0.278. The van der Waals surface area contributed by atoms with Gasteiger partial charge in [0.25, 0.3) is 5.56 Å². The van der Waals surface area contributed by atoms with Crippen molar-refractivity contribution in [1.82, 2.24) is 9.55 Å². The summed E-state index contributed by atoms with van der Waals surface area (Å²) in [6.45, 7) is 0. The number of hydrogen-bond acceptors (Lipinski definition) is 4. The molecule has 1 aliphatic rings. The van der Waals surface area contributed by atoms with Crippen molar-refractivity contribution < 1.29 is 0 Å². The van der Waals surface area contributed by atoms with Crippen molar-refractivity contribution in [2.24, 2.45) is 0 Å². The van der Waals surface area contributed by atoms with Crippen LogP contribution in [0.4, 0.5) is 0 Å². The summed E-state index contributed by atoms with van der Waals surface area (Å²) in [6, 6.07) is 17.6. The fourth-order valence-corrected chi connectivity index (χ4v) is 6.45. The van der Waals surface area contributed by atoms with Gasteiger partial charge in [-0.2, -0.15) is 0 Å². The number of benzene rings is 2. The van der Waals surface area contributed by atoms with Crippen LogP contribution in [-0.4, -0.2) is 9.55 Å². The smallest absolute Gasteiger partial charge is 0.267 e. The molecule has 146 valence electrons. The first kappa shape index (κ1) is 18.9. The first-order valence-corrected chi connectivity index (χ1v) is 11.9. The summed E-state index contributed by atoms with van der Waals surface area (Å²) in [5, 5.41) is 2.27. The summed E-state index contributed by atoms with van der Waals surface area (Å²) in [6.07, 6.45) is 4.38. The highest BCUT2D eigenvalue weighted by Crippen LogP contribution is 2.36. The zero-order chi connectivity index (χ0) is 19.8. The molecular weight excluding hydrogens is 420 g/mol. The Morgan fingerprint density at radius 3 is 2.62 bits per heavy atom. The molecule has 0 fully saturated rings. The Morgan fingerprint density at radius 1 is 1.03 bits per heavy atom. The van der Waals surface area contributed by atoms with Gasteiger partial charge in [-0.3, -0.25) is 9.36 Å². The zero-order valence-electron chi connectivity index (χ0n) is 15.7. The summed E-state index contributed by atoms with van der Waals surface area (Å²) < 4.78 is 1.77. The van der Waals surface area contributed by atoms with Crippen LogP contribution in [0.5, 0.6) is 0 Å². The highest BCUT2D eigenvalue weighted by atomic mass is 35.5. The molecule has 3 nitrogen and oxygen atoms in total. The third kappa shape index (κ3) is 3.52. The molecule has 0 amide bonds. The largest absolute Gasteiger partial charge is 0.268 e. The number of rotatable bonds is 4. The Labute approximate surface area is 182 Å². The van der Waals surface area contributed by atoms with E-state index in [0.29, 0.717) is 10.9 Å². The molecule has 5 rings (SSSR count). The topological polar surface area (TPSA) is 34.9 Å². The molecule has 0 aliphatic heterocycles. The van der Waals surface area contributed by atoms with Crippen LogP contribution in [0.1, 0.15) is 28.8 Å². The van der Waals surface area contributed by atoms with Crippen molar-refractivity contribution in [3.63, 3.8) is 0 Å². The molecule has 2 aromatic carbocycles. The maximum Gasteiger partial charge on any atom is 0.267 e. The van der Waals surface area contributed by atoms with Crippen LogP contribution in [-0.2, 0) is 18.6 Å². The van der Waals surface area contributed by atoms with Crippen molar-refractivity contribution in [2.45, 2.75) is 36.6 Å². The van der Waals surface area contributed by atoms with E-state index in [1.54, 1.807) is 27.7 Å². The van der Waals surface area contributed by atoms with Gasteiger partial charge < -0.3 is 0 Å². The summed E-state index contributed by atoms with van der Waals surface area (Å²) in [5.41, 5.74) is 3.16. The third-order valence-corrected chi connectivity index (χ3v) is 7.83. The van der Waals surface area contributed by atoms with Gasteiger partial charge >= 0.3 is 0 Å². The lowest BCUT2D eigenvalue weighted by Gasteiger charge is -2.14. The summed E-state index contributed by atoms with van der Waals surface area (Å²) in [5.74, 6) is 0.662. The molecule has 6 heteroatoms. The molecule has 0 unspecified atom stereocenters. The predicted molar refractivity (Wildman–Crippen MR) is 123 cm³/mol. The second-order valence-electron chi connectivity index (χ2n) is 7.14. The van der Waals surface area contributed by atoms with E-state index in [0.717, 1.165) is 45.8 Å². The Balaban J connectivity index is 1.67. The van der Waals surface area contributed by atoms with Gasteiger partial charge in [-0.1, -0.05) is 59.8 Å². The monoisotopic (exact) mass is 438 g/mol. The first-order chi connectivity index (χ1) is 14.2. The van der Waals surface area contributed by atoms with Crippen LogP contribution in [0.3, 0.4) is 0 Å². The fourth-order valence-electron chi connectivity index (χ4n) is 3.85. The minimum atomic E-state index is 0.0438. The van der Waals surface area contributed by atoms with E-state index >= 15 is 0 Å². The molecule has 2 heterocycles. The highest BCUT2D eigenvalue weighted by molar-refractivity contribution is 7.98. The Kier molecular flexibility index (Phi) is 5.20. The van der Waals surface area contributed by atoms with E-state index < -0.39 is 0 Å². The minimum absolute atomic E-state index is 0.0438. The van der Waals surface area contributed by atoms with E-state index in [9.17, 15) is 4.79 Å². The molecule has 0 saturated carbocycles. The number of thioether (sulfide) groups is 1. The normalized spacial score (nSPS) is 13.6. The number of hydrogen-bond donors (Lipinski definition) is 0. The molecule has 0 radical (unpaired) electrons. The van der Waals surface area contributed by atoms with E-state index in [-0.39, 0.29) is 5.56 Å². The number of fused-ring (bicyclic) bond motifs is 3. The van der Waals surface area contributed by atoms with Gasteiger partial charge in [-0.15, -0.1) is 11.3 Å². The lowest BCUT2D eigenvalue weighted by atomic mass is 9.97. The SMILES string of the molecule is O=c1c2c3c(sc2nc(SCc2ccccc2Cl)n1-c1ccccc1)CCCC3. The number of para-hydroxylation sites is 1. The molecule has 1 aliphatic carbocycles. The van der Waals surface area contributed by atoms with Crippen molar-refractivity contribution in [2.75, 3.05) is 0 Å². The van der Waals surface area contributed by atoms with Crippen molar-refractivity contribution >= 4 is 44.9 Å². The van der Waals surface area contributed by atoms with Gasteiger partial charge in [0.2, 0.25) is 0 Å². The average Bonchev–Trinajstić information content (AvgIpc) is 3.12. The van der Waals surface area contributed by atoms with E-state index in [4.69, 9.17) is 16.6 Å². The molecule has 2 aromatic heterocycles. The van der Waals surface area contributed by atoms with Gasteiger partial charge in [0.1, 0.15) is 4.83 Å². The van der Waals surface area contributed by atoms with Gasteiger partial charge in [0.15, 0.2) is 5.16 Å². The zero-order valence-corrected chi connectivity index (χ0v) is 18.1. The van der Waals surface area contributed by atoms with E-state index in [2.05, 4.69) is 0 Å². The molecule has 4 aromatic rings. The van der Waals surface area contributed by atoms with Crippen molar-refractivity contribution in [3.05, 3.63) is 86.0 Å². The van der Waals surface area contributed by atoms with Crippen LogP contribution < -0.4 is 5.56 Å². The van der Waals surface area contributed by atoms with E-state index in [1.807, 2.05) is 54.6 Å². The Hall–Kier alpha value is -2.08. The first-order valence-electron chi connectivity index (χ1n) is 9.71. The van der Waals surface area contributed by atoms with Crippen LogP contribution >= 0.6 is 34.7 Å².